The first-order valence-corrected chi connectivity index (χ1v) is 10.0. The van der Waals surface area contributed by atoms with Crippen LogP contribution in [0.4, 0.5) is 10.6 Å². The van der Waals surface area contributed by atoms with Gasteiger partial charge in [0.05, 0.1) is 12.3 Å². The molecule has 2 aromatic heterocycles. The molecule has 1 N–H and O–H groups in total. The number of tetrazole rings is 1. The zero-order valence-electron chi connectivity index (χ0n) is 17.6. The molecule has 0 saturated carbocycles. The van der Waals surface area contributed by atoms with Crippen LogP contribution in [-0.4, -0.2) is 43.6 Å². The average molecular weight is 423 g/mol. The number of hydrogen-bond donors (Lipinski definition) is 1. The molecule has 1 amide bonds. The maximum atomic E-state index is 11.9. The fourth-order valence-corrected chi connectivity index (χ4v) is 2.70. The summed E-state index contributed by atoms with van der Waals surface area (Å²) < 4.78 is 6.66. The number of nitrogens with zero attached hydrogens (tertiary/aromatic N) is 6. The number of pyridine rings is 1. The second kappa shape index (κ2) is 11.4. The van der Waals surface area contributed by atoms with Crippen molar-refractivity contribution in [3.63, 3.8) is 0 Å². The molecule has 0 radical (unpaired) electrons. The normalized spacial score (nSPS) is 11.2. The van der Waals surface area contributed by atoms with E-state index in [0.717, 1.165) is 24.8 Å². The van der Waals surface area contributed by atoms with Crippen LogP contribution in [0.5, 0.6) is 0 Å². The van der Waals surface area contributed by atoms with Crippen LogP contribution in [0, 0.1) is 0 Å². The highest BCUT2D eigenvalue weighted by molar-refractivity contribution is 6.10. The number of aryl methyl sites for hydroxylation is 1. The summed E-state index contributed by atoms with van der Waals surface area (Å²) in [7, 11) is 1.73. The van der Waals surface area contributed by atoms with Gasteiger partial charge in [0, 0.05) is 12.6 Å². The largest absolute Gasteiger partial charge is 0.449 e. The van der Waals surface area contributed by atoms with E-state index in [-0.39, 0.29) is 6.61 Å². The molecule has 0 aliphatic rings. The Labute approximate surface area is 180 Å². The van der Waals surface area contributed by atoms with E-state index >= 15 is 0 Å². The molecule has 2 heterocycles. The Morgan fingerprint density at radius 3 is 2.71 bits per heavy atom. The summed E-state index contributed by atoms with van der Waals surface area (Å²) in [5.74, 6) is 0.853. The number of amides is 1. The quantitative estimate of drug-likeness (QED) is 0.302. The van der Waals surface area contributed by atoms with Gasteiger partial charge in [-0.2, -0.15) is 0 Å². The van der Waals surface area contributed by atoms with Gasteiger partial charge in [-0.15, -0.1) is 5.10 Å². The predicted octanol–water partition coefficient (Wildman–Crippen LogP) is 3.31. The van der Waals surface area contributed by atoms with Gasteiger partial charge >= 0.3 is 6.09 Å². The Hall–Kier alpha value is -3.82. The molecule has 0 aliphatic heterocycles. The molecule has 0 spiro atoms. The van der Waals surface area contributed by atoms with Crippen molar-refractivity contribution in [3.8, 4) is 0 Å². The highest BCUT2D eigenvalue weighted by Crippen LogP contribution is 2.10. The number of nitrogens with one attached hydrogen (secondary N) is 1. The molecule has 3 rings (SSSR count). The minimum Gasteiger partial charge on any atom is -0.449 e. The number of anilines is 1. The standard InChI is InChI=1S/C21H25N7O3/c1-3-4-8-14-30-21(29)23-18-13-9-12-17(22-18)15-31-25-19(16-10-6-5-7-11-16)20-24-26-27-28(20)2/h5-7,9-13H,3-4,8,14-15H2,1-2H3,(H,22,23,29). The lowest BCUT2D eigenvalue weighted by molar-refractivity contribution is 0.128. The summed E-state index contributed by atoms with van der Waals surface area (Å²) in [5, 5.41) is 18.4. The topological polar surface area (TPSA) is 116 Å². The Balaban J connectivity index is 1.63. The van der Waals surface area contributed by atoms with E-state index in [9.17, 15) is 4.79 Å². The number of ether oxygens (including phenoxy) is 1. The Morgan fingerprint density at radius 2 is 1.97 bits per heavy atom. The third kappa shape index (κ3) is 6.59. The molecule has 10 nitrogen and oxygen atoms in total. The van der Waals surface area contributed by atoms with Crippen molar-refractivity contribution in [2.75, 3.05) is 11.9 Å². The number of aromatic nitrogens is 5. The molecule has 10 heteroatoms. The van der Waals surface area contributed by atoms with Crippen molar-refractivity contribution >= 4 is 17.6 Å². The van der Waals surface area contributed by atoms with E-state index in [2.05, 4.69) is 37.9 Å². The fraction of sp³-hybridized carbons (Fsp3) is 0.333. The average Bonchev–Trinajstić information content (AvgIpc) is 3.21. The highest BCUT2D eigenvalue weighted by Gasteiger charge is 2.15. The molecule has 0 bridgehead atoms. The summed E-state index contributed by atoms with van der Waals surface area (Å²) in [6.07, 6.45) is 2.40. The van der Waals surface area contributed by atoms with E-state index in [0.29, 0.717) is 29.7 Å². The summed E-state index contributed by atoms with van der Waals surface area (Å²) in [4.78, 5) is 21.8. The monoisotopic (exact) mass is 423 g/mol. The number of carbonyl (C=O) groups excluding carboxylic acids is 1. The lowest BCUT2D eigenvalue weighted by atomic mass is 10.1. The number of hydrogen-bond acceptors (Lipinski definition) is 8. The first kappa shape index (κ1) is 21.9. The van der Waals surface area contributed by atoms with Gasteiger partial charge in [-0.05, 0) is 29.0 Å². The second-order valence-corrected chi connectivity index (χ2v) is 6.69. The van der Waals surface area contributed by atoms with Crippen LogP contribution >= 0.6 is 0 Å². The fourth-order valence-electron chi connectivity index (χ4n) is 2.70. The van der Waals surface area contributed by atoms with Crippen LogP contribution in [0.15, 0.2) is 53.7 Å². The predicted molar refractivity (Wildman–Crippen MR) is 114 cm³/mol. The summed E-state index contributed by atoms with van der Waals surface area (Å²) in [6.45, 7) is 2.58. The van der Waals surface area contributed by atoms with Crippen LogP contribution in [-0.2, 0) is 23.2 Å². The minimum absolute atomic E-state index is 0.0999. The first-order valence-electron chi connectivity index (χ1n) is 10.0. The van der Waals surface area contributed by atoms with Crippen LogP contribution in [0.3, 0.4) is 0 Å². The number of oxime groups is 1. The zero-order valence-corrected chi connectivity index (χ0v) is 17.6. The number of rotatable bonds is 10. The van der Waals surface area contributed by atoms with Gasteiger partial charge in [0.2, 0.25) is 5.82 Å². The maximum absolute atomic E-state index is 11.9. The smallest absolute Gasteiger partial charge is 0.412 e. The molecule has 3 aromatic rings. The van der Waals surface area contributed by atoms with Crippen molar-refractivity contribution < 1.29 is 14.4 Å². The number of benzene rings is 1. The Kier molecular flexibility index (Phi) is 8.04. The lowest BCUT2D eigenvalue weighted by Gasteiger charge is -2.08. The lowest BCUT2D eigenvalue weighted by Crippen LogP contribution is -2.15. The molecule has 1 aromatic carbocycles. The number of carbonyl (C=O) groups is 1. The second-order valence-electron chi connectivity index (χ2n) is 6.69. The molecular weight excluding hydrogens is 398 g/mol. The van der Waals surface area contributed by atoms with Crippen LogP contribution in [0.25, 0.3) is 0 Å². The first-order chi connectivity index (χ1) is 15.2. The van der Waals surface area contributed by atoms with Gasteiger partial charge in [0.25, 0.3) is 0 Å². The minimum atomic E-state index is -0.527. The summed E-state index contributed by atoms with van der Waals surface area (Å²) >= 11 is 0. The third-order valence-electron chi connectivity index (χ3n) is 4.27. The molecule has 0 fully saturated rings. The van der Waals surface area contributed by atoms with E-state index < -0.39 is 6.09 Å². The maximum Gasteiger partial charge on any atom is 0.412 e. The molecule has 0 aliphatic carbocycles. The van der Waals surface area contributed by atoms with Crippen LogP contribution in [0.2, 0.25) is 0 Å². The highest BCUT2D eigenvalue weighted by atomic mass is 16.6. The zero-order chi connectivity index (χ0) is 21.9. The summed E-state index contributed by atoms with van der Waals surface area (Å²) in [5.41, 5.74) is 1.91. The van der Waals surface area contributed by atoms with E-state index in [4.69, 9.17) is 9.57 Å². The Bertz CT molecular complexity index is 1000. The molecular formula is C21H25N7O3. The SMILES string of the molecule is CCCCCOC(=O)Nc1cccc(CON=C(c2ccccc2)c2nnnn2C)n1. The van der Waals surface area contributed by atoms with E-state index in [1.54, 1.807) is 25.2 Å². The van der Waals surface area contributed by atoms with Crippen molar-refractivity contribution in [2.45, 2.75) is 32.8 Å². The van der Waals surface area contributed by atoms with Gasteiger partial charge in [-0.1, -0.05) is 61.3 Å². The van der Waals surface area contributed by atoms with Crippen molar-refractivity contribution in [1.29, 1.82) is 0 Å². The van der Waals surface area contributed by atoms with Gasteiger partial charge in [-0.3, -0.25) is 5.32 Å². The van der Waals surface area contributed by atoms with Crippen molar-refractivity contribution in [3.05, 3.63) is 65.6 Å². The van der Waals surface area contributed by atoms with Crippen LogP contribution in [0.1, 0.15) is 43.3 Å². The van der Waals surface area contributed by atoms with E-state index in [1.165, 1.54) is 4.68 Å². The number of unbranched alkanes of at least 4 members (excludes halogenated alkanes) is 2. The van der Waals surface area contributed by atoms with Gasteiger partial charge < -0.3 is 9.57 Å². The van der Waals surface area contributed by atoms with Crippen LogP contribution < -0.4 is 5.32 Å². The van der Waals surface area contributed by atoms with Gasteiger partial charge in [0.1, 0.15) is 5.82 Å². The van der Waals surface area contributed by atoms with Crippen molar-refractivity contribution in [2.24, 2.45) is 12.2 Å². The Morgan fingerprint density at radius 1 is 1.13 bits per heavy atom. The van der Waals surface area contributed by atoms with Crippen molar-refractivity contribution in [1.82, 2.24) is 25.2 Å². The summed E-state index contributed by atoms with van der Waals surface area (Å²) in [6, 6.07) is 14.7. The van der Waals surface area contributed by atoms with Gasteiger partial charge in [-0.25, -0.2) is 14.5 Å². The molecule has 0 atom stereocenters. The molecule has 0 saturated heterocycles. The van der Waals surface area contributed by atoms with E-state index in [1.807, 2.05) is 30.3 Å². The van der Waals surface area contributed by atoms with Gasteiger partial charge in [0.15, 0.2) is 12.3 Å². The third-order valence-corrected chi connectivity index (χ3v) is 4.27. The molecule has 0 unspecified atom stereocenters. The molecule has 31 heavy (non-hydrogen) atoms. The molecule has 162 valence electrons.